The minimum atomic E-state index is -0.295. The van der Waals surface area contributed by atoms with Gasteiger partial charge in [-0.25, -0.2) is 0 Å². The van der Waals surface area contributed by atoms with Crippen LogP contribution in [0, 0.1) is 5.92 Å². The van der Waals surface area contributed by atoms with Gasteiger partial charge in [0, 0.05) is 19.0 Å². The largest absolute Gasteiger partial charge is 0.391 e. The number of carbonyl (C=O) groups excluding carboxylic acids is 1. The summed E-state index contributed by atoms with van der Waals surface area (Å²) in [5.41, 5.74) is 0. The minimum absolute atomic E-state index is 0.178. The fourth-order valence-corrected chi connectivity index (χ4v) is 2.52. The summed E-state index contributed by atoms with van der Waals surface area (Å²) in [4.78, 5) is 14.0. The predicted molar refractivity (Wildman–Crippen MR) is 69.7 cm³/mol. The average Bonchev–Trinajstić information content (AvgIpc) is 2.75. The number of β-amino-alcohol motifs (C(OH)–C–C–N with tert-alkyl or cyclic N) is 1. The van der Waals surface area contributed by atoms with Crippen LogP contribution in [-0.4, -0.2) is 35.1 Å². The topological polar surface area (TPSA) is 40.5 Å². The molecule has 1 rings (SSSR count). The summed E-state index contributed by atoms with van der Waals surface area (Å²) in [5.74, 6) is 0.442. The van der Waals surface area contributed by atoms with E-state index in [-0.39, 0.29) is 17.9 Å². The Kier molecular flexibility index (Phi) is 6.56. The van der Waals surface area contributed by atoms with Gasteiger partial charge in [0.2, 0.25) is 5.91 Å². The van der Waals surface area contributed by atoms with Crippen molar-refractivity contribution < 1.29 is 9.90 Å². The van der Waals surface area contributed by atoms with E-state index in [0.717, 1.165) is 32.2 Å². The van der Waals surface area contributed by atoms with Crippen molar-refractivity contribution >= 4 is 5.91 Å². The lowest BCUT2D eigenvalue weighted by Gasteiger charge is -2.22. The maximum atomic E-state index is 12.2. The third kappa shape index (κ3) is 4.66. The lowest BCUT2D eigenvalue weighted by atomic mass is 9.97. The molecular weight excluding hydrogens is 214 g/mol. The zero-order valence-electron chi connectivity index (χ0n) is 11.3. The Labute approximate surface area is 105 Å². The van der Waals surface area contributed by atoms with Crippen LogP contribution in [0.1, 0.15) is 58.8 Å². The molecule has 0 saturated carbocycles. The van der Waals surface area contributed by atoms with Gasteiger partial charge in [-0.15, -0.1) is 0 Å². The Morgan fingerprint density at radius 2 is 2.12 bits per heavy atom. The molecule has 1 aliphatic heterocycles. The third-order valence-corrected chi connectivity index (χ3v) is 3.72. The molecule has 0 aromatic carbocycles. The van der Waals surface area contributed by atoms with Gasteiger partial charge in [0.1, 0.15) is 0 Å². The summed E-state index contributed by atoms with van der Waals surface area (Å²) in [7, 11) is 0. The molecule has 0 aliphatic carbocycles. The van der Waals surface area contributed by atoms with E-state index in [2.05, 4.69) is 13.8 Å². The van der Waals surface area contributed by atoms with E-state index in [1.54, 1.807) is 0 Å². The number of rotatable bonds is 7. The zero-order valence-corrected chi connectivity index (χ0v) is 11.3. The lowest BCUT2D eigenvalue weighted by molar-refractivity contribution is -0.135. The second-order valence-corrected chi connectivity index (χ2v) is 5.18. The molecule has 0 aromatic heterocycles. The molecule has 2 atom stereocenters. The number of nitrogens with zero attached hydrogens (tertiary/aromatic N) is 1. The first kappa shape index (κ1) is 14.5. The van der Waals surface area contributed by atoms with Crippen molar-refractivity contribution in [2.45, 2.75) is 64.9 Å². The van der Waals surface area contributed by atoms with Gasteiger partial charge >= 0.3 is 0 Å². The fourth-order valence-electron chi connectivity index (χ4n) is 2.52. The summed E-state index contributed by atoms with van der Waals surface area (Å²) in [5, 5.41) is 9.46. The van der Waals surface area contributed by atoms with Crippen molar-refractivity contribution in [1.29, 1.82) is 0 Å². The number of aliphatic hydroxyl groups excluding tert-OH is 1. The molecule has 1 saturated heterocycles. The molecule has 3 heteroatoms. The standard InChI is InChI=1S/C14H27NO2/c1-3-5-6-7-8-12(4-2)14(17)15-10-9-13(16)11-15/h12-13,16H,3-11H2,1-2H3. The number of amides is 1. The Hall–Kier alpha value is -0.570. The van der Waals surface area contributed by atoms with Crippen molar-refractivity contribution in [1.82, 2.24) is 4.90 Å². The molecule has 1 N–H and O–H groups in total. The molecule has 2 unspecified atom stereocenters. The normalized spacial score (nSPS) is 21.8. The molecule has 0 aromatic rings. The van der Waals surface area contributed by atoms with Gasteiger partial charge in [0.25, 0.3) is 0 Å². The molecule has 0 spiro atoms. The van der Waals surface area contributed by atoms with Gasteiger partial charge in [-0.05, 0) is 19.3 Å². The van der Waals surface area contributed by atoms with Gasteiger partial charge in [-0.2, -0.15) is 0 Å². The summed E-state index contributed by atoms with van der Waals surface area (Å²) < 4.78 is 0. The van der Waals surface area contributed by atoms with Gasteiger partial charge in [-0.3, -0.25) is 4.79 Å². The molecule has 3 nitrogen and oxygen atoms in total. The maximum absolute atomic E-state index is 12.2. The maximum Gasteiger partial charge on any atom is 0.225 e. The van der Waals surface area contributed by atoms with Crippen LogP contribution in [0.15, 0.2) is 0 Å². The van der Waals surface area contributed by atoms with E-state index in [1.807, 2.05) is 4.90 Å². The van der Waals surface area contributed by atoms with E-state index in [1.165, 1.54) is 19.3 Å². The minimum Gasteiger partial charge on any atom is -0.391 e. The highest BCUT2D eigenvalue weighted by molar-refractivity contribution is 5.79. The van der Waals surface area contributed by atoms with Crippen molar-refractivity contribution in [3.63, 3.8) is 0 Å². The summed E-state index contributed by atoms with van der Waals surface area (Å²) in [6, 6.07) is 0. The second kappa shape index (κ2) is 7.70. The van der Waals surface area contributed by atoms with E-state index in [0.29, 0.717) is 6.54 Å². The van der Waals surface area contributed by atoms with Crippen LogP contribution < -0.4 is 0 Å². The SMILES string of the molecule is CCCCCCC(CC)C(=O)N1CCC(O)C1. The fraction of sp³-hybridized carbons (Fsp3) is 0.929. The van der Waals surface area contributed by atoms with Crippen molar-refractivity contribution in [3.8, 4) is 0 Å². The van der Waals surface area contributed by atoms with Crippen LogP contribution in [0.25, 0.3) is 0 Å². The van der Waals surface area contributed by atoms with Crippen molar-refractivity contribution in [2.75, 3.05) is 13.1 Å². The van der Waals surface area contributed by atoms with Crippen LogP contribution in [0.3, 0.4) is 0 Å². The number of unbranched alkanes of at least 4 members (excludes halogenated alkanes) is 3. The number of aliphatic hydroxyl groups is 1. The molecule has 1 aliphatic rings. The molecule has 1 fully saturated rings. The zero-order chi connectivity index (χ0) is 12.7. The quantitative estimate of drug-likeness (QED) is 0.696. The van der Waals surface area contributed by atoms with Crippen molar-refractivity contribution in [3.05, 3.63) is 0 Å². The molecule has 0 radical (unpaired) electrons. The van der Waals surface area contributed by atoms with E-state index < -0.39 is 0 Å². The number of hydrogen-bond acceptors (Lipinski definition) is 2. The molecule has 1 amide bonds. The lowest BCUT2D eigenvalue weighted by Crippen LogP contribution is -2.34. The molecular formula is C14H27NO2. The van der Waals surface area contributed by atoms with Crippen LogP contribution >= 0.6 is 0 Å². The van der Waals surface area contributed by atoms with E-state index >= 15 is 0 Å². The number of hydrogen-bond donors (Lipinski definition) is 1. The number of carbonyl (C=O) groups is 1. The van der Waals surface area contributed by atoms with Gasteiger partial charge in [-0.1, -0.05) is 39.5 Å². The summed E-state index contributed by atoms with van der Waals surface area (Å²) in [6.07, 6.45) is 7.31. The molecule has 0 bridgehead atoms. The summed E-state index contributed by atoms with van der Waals surface area (Å²) in [6.45, 7) is 5.58. The smallest absolute Gasteiger partial charge is 0.225 e. The van der Waals surface area contributed by atoms with E-state index in [4.69, 9.17) is 0 Å². The second-order valence-electron chi connectivity index (χ2n) is 5.18. The highest BCUT2D eigenvalue weighted by atomic mass is 16.3. The number of likely N-dealkylation sites (tertiary alicyclic amines) is 1. The van der Waals surface area contributed by atoms with Crippen molar-refractivity contribution in [2.24, 2.45) is 5.92 Å². The average molecular weight is 241 g/mol. The monoisotopic (exact) mass is 241 g/mol. The van der Waals surface area contributed by atoms with Crippen LogP contribution in [0.5, 0.6) is 0 Å². The van der Waals surface area contributed by atoms with Crippen LogP contribution in [0.4, 0.5) is 0 Å². The van der Waals surface area contributed by atoms with Gasteiger partial charge < -0.3 is 10.0 Å². The molecule has 1 heterocycles. The Balaban J connectivity index is 2.30. The first-order valence-electron chi connectivity index (χ1n) is 7.15. The van der Waals surface area contributed by atoms with Crippen LogP contribution in [0.2, 0.25) is 0 Å². The first-order chi connectivity index (χ1) is 8.19. The van der Waals surface area contributed by atoms with Gasteiger partial charge in [0.15, 0.2) is 0 Å². The third-order valence-electron chi connectivity index (χ3n) is 3.72. The molecule has 100 valence electrons. The predicted octanol–water partition coefficient (Wildman–Crippen LogP) is 2.58. The van der Waals surface area contributed by atoms with Gasteiger partial charge in [0.05, 0.1) is 6.10 Å². The summed E-state index contributed by atoms with van der Waals surface area (Å²) >= 11 is 0. The Bertz CT molecular complexity index is 230. The van der Waals surface area contributed by atoms with Crippen LogP contribution in [-0.2, 0) is 4.79 Å². The highest BCUT2D eigenvalue weighted by Gasteiger charge is 2.28. The first-order valence-corrected chi connectivity index (χ1v) is 7.15. The Morgan fingerprint density at radius 1 is 1.35 bits per heavy atom. The molecule has 17 heavy (non-hydrogen) atoms. The van der Waals surface area contributed by atoms with E-state index in [9.17, 15) is 9.90 Å². The highest BCUT2D eigenvalue weighted by Crippen LogP contribution is 2.20. The Morgan fingerprint density at radius 3 is 2.65 bits per heavy atom.